The van der Waals surface area contributed by atoms with Gasteiger partial charge in [0.2, 0.25) is 0 Å². The summed E-state index contributed by atoms with van der Waals surface area (Å²) >= 11 is 0. The van der Waals surface area contributed by atoms with Gasteiger partial charge in [0.15, 0.2) is 5.71 Å². The van der Waals surface area contributed by atoms with Crippen LogP contribution >= 0.6 is 0 Å². The van der Waals surface area contributed by atoms with Crippen molar-refractivity contribution in [2.24, 2.45) is 5.92 Å². The van der Waals surface area contributed by atoms with Crippen LogP contribution in [0.4, 0.5) is 0 Å². The van der Waals surface area contributed by atoms with Crippen molar-refractivity contribution in [1.82, 2.24) is 0 Å². The fourth-order valence-corrected chi connectivity index (χ4v) is 2.24. The molecule has 2 aliphatic heterocycles. The molecular formula is C9H16N+. The van der Waals surface area contributed by atoms with E-state index in [-0.39, 0.29) is 0 Å². The van der Waals surface area contributed by atoms with Gasteiger partial charge >= 0.3 is 0 Å². The molecule has 0 spiro atoms. The summed E-state index contributed by atoms with van der Waals surface area (Å²) in [7, 11) is 0. The Bertz CT molecular complexity index is 170. The van der Waals surface area contributed by atoms with E-state index in [1.165, 1.54) is 38.8 Å². The summed E-state index contributed by atoms with van der Waals surface area (Å²) in [4.78, 5) is 0. The van der Waals surface area contributed by atoms with Gasteiger partial charge in [0, 0.05) is 25.2 Å². The second kappa shape index (κ2) is 2.37. The van der Waals surface area contributed by atoms with Gasteiger partial charge in [-0.2, -0.15) is 0 Å². The van der Waals surface area contributed by atoms with E-state index in [1.807, 2.05) is 0 Å². The molecule has 0 fully saturated rings. The van der Waals surface area contributed by atoms with E-state index >= 15 is 0 Å². The van der Waals surface area contributed by atoms with E-state index in [9.17, 15) is 0 Å². The Morgan fingerprint density at radius 1 is 1.30 bits per heavy atom. The van der Waals surface area contributed by atoms with Crippen LogP contribution in [0.25, 0.3) is 0 Å². The molecule has 2 rings (SSSR count). The summed E-state index contributed by atoms with van der Waals surface area (Å²) in [5, 5.41) is 0. The Labute approximate surface area is 62.8 Å². The topological polar surface area (TPSA) is 3.01 Å². The lowest BCUT2D eigenvalue weighted by molar-refractivity contribution is -0.525. The Kier molecular flexibility index (Phi) is 1.51. The van der Waals surface area contributed by atoms with Crippen LogP contribution in [0.15, 0.2) is 0 Å². The van der Waals surface area contributed by atoms with Crippen molar-refractivity contribution in [1.29, 1.82) is 0 Å². The number of nitrogens with zero attached hydrogens (tertiary/aromatic N) is 1. The smallest absolute Gasteiger partial charge is 0.155 e. The number of hydrogen-bond acceptors (Lipinski definition) is 0. The highest BCUT2D eigenvalue weighted by atomic mass is 15.0. The van der Waals surface area contributed by atoms with Crippen molar-refractivity contribution in [2.45, 2.75) is 32.6 Å². The molecule has 1 heteroatoms. The third-order valence-electron chi connectivity index (χ3n) is 2.92. The molecule has 10 heavy (non-hydrogen) atoms. The van der Waals surface area contributed by atoms with Crippen molar-refractivity contribution >= 4 is 5.71 Å². The van der Waals surface area contributed by atoms with Gasteiger partial charge < -0.3 is 0 Å². The predicted molar refractivity (Wildman–Crippen MR) is 42.6 cm³/mol. The molecule has 0 saturated heterocycles. The zero-order chi connectivity index (χ0) is 6.97. The lowest BCUT2D eigenvalue weighted by atomic mass is 9.99. The molecule has 0 amide bonds. The molecule has 2 heterocycles. The van der Waals surface area contributed by atoms with Gasteiger partial charge in [-0.25, -0.2) is 4.58 Å². The minimum Gasteiger partial charge on any atom is -0.237 e. The van der Waals surface area contributed by atoms with Crippen LogP contribution in [-0.4, -0.2) is 23.4 Å². The molecule has 0 bridgehead atoms. The van der Waals surface area contributed by atoms with Crippen molar-refractivity contribution in [2.75, 3.05) is 13.1 Å². The lowest BCUT2D eigenvalue weighted by Crippen LogP contribution is -2.23. The Hall–Kier alpha value is -0.330. The first kappa shape index (κ1) is 6.38. The van der Waals surface area contributed by atoms with Gasteiger partial charge in [0.25, 0.3) is 0 Å². The molecule has 1 unspecified atom stereocenters. The van der Waals surface area contributed by atoms with Gasteiger partial charge in [0.05, 0.1) is 0 Å². The highest BCUT2D eigenvalue weighted by Crippen LogP contribution is 2.20. The molecule has 0 N–H and O–H groups in total. The van der Waals surface area contributed by atoms with Crippen molar-refractivity contribution in [3.8, 4) is 0 Å². The van der Waals surface area contributed by atoms with Crippen molar-refractivity contribution in [3.05, 3.63) is 0 Å². The second-order valence-corrected chi connectivity index (χ2v) is 3.63. The van der Waals surface area contributed by atoms with E-state index in [4.69, 9.17) is 0 Å². The molecule has 0 aromatic heterocycles. The minimum absolute atomic E-state index is 0.903. The quantitative estimate of drug-likeness (QED) is 0.448. The summed E-state index contributed by atoms with van der Waals surface area (Å²) < 4.78 is 2.61. The van der Waals surface area contributed by atoms with Gasteiger partial charge in [-0.3, -0.25) is 0 Å². The molecule has 1 atom stereocenters. The number of rotatable bonds is 0. The highest BCUT2D eigenvalue weighted by molar-refractivity contribution is 5.83. The average Bonchev–Trinajstić information content (AvgIpc) is 2.34. The molecular weight excluding hydrogens is 122 g/mol. The molecule has 0 aliphatic carbocycles. The zero-order valence-electron chi connectivity index (χ0n) is 6.77. The summed E-state index contributed by atoms with van der Waals surface area (Å²) in [6.45, 7) is 5.07. The van der Waals surface area contributed by atoms with E-state index in [2.05, 4.69) is 11.5 Å². The number of hydrogen-bond donors (Lipinski definition) is 0. The van der Waals surface area contributed by atoms with Crippen LogP contribution in [0.5, 0.6) is 0 Å². The van der Waals surface area contributed by atoms with Crippen LogP contribution in [0.3, 0.4) is 0 Å². The van der Waals surface area contributed by atoms with E-state index < -0.39 is 0 Å². The molecule has 0 radical (unpaired) electrons. The van der Waals surface area contributed by atoms with E-state index in [1.54, 1.807) is 5.71 Å². The monoisotopic (exact) mass is 138 g/mol. The van der Waals surface area contributed by atoms with Crippen LogP contribution in [0.2, 0.25) is 0 Å². The summed E-state index contributed by atoms with van der Waals surface area (Å²) in [6, 6.07) is 0. The summed E-state index contributed by atoms with van der Waals surface area (Å²) in [6.07, 6.45) is 5.67. The van der Waals surface area contributed by atoms with Crippen LogP contribution in [0, 0.1) is 5.92 Å². The van der Waals surface area contributed by atoms with Gasteiger partial charge in [0.1, 0.15) is 13.1 Å². The van der Waals surface area contributed by atoms with Crippen molar-refractivity contribution < 1.29 is 4.58 Å². The summed E-state index contributed by atoms with van der Waals surface area (Å²) in [5.41, 5.74) is 1.76. The first-order valence-corrected chi connectivity index (χ1v) is 4.48. The molecule has 56 valence electrons. The Morgan fingerprint density at radius 2 is 2.20 bits per heavy atom. The molecule has 1 nitrogen and oxygen atoms in total. The normalized spacial score (nSPS) is 32.7. The first-order valence-electron chi connectivity index (χ1n) is 4.48. The predicted octanol–water partition coefficient (Wildman–Crippen LogP) is 1.66. The zero-order valence-corrected chi connectivity index (χ0v) is 6.77. The Balaban J connectivity index is 2.20. The fraction of sp³-hybridized carbons (Fsp3) is 0.889. The van der Waals surface area contributed by atoms with Gasteiger partial charge in [-0.05, 0) is 6.42 Å². The highest BCUT2D eigenvalue weighted by Gasteiger charge is 2.30. The average molecular weight is 138 g/mol. The van der Waals surface area contributed by atoms with Crippen LogP contribution in [-0.2, 0) is 0 Å². The molecule has 0 aromatic carbocycles. The van der Waals surface area contributed by atoms with Crippen LogP contribution < -0.4 is 0 Å². The van der Waals surface area contributed by atoms with Gasteiger partial charge in [-0.15, -0.1) is 0 Å². The maximum Gasteiger partial charge on any atom is 0.155 e. The molecule has 0 saturated carbocycles. The van der Waals surface area contributed by atoms with Crippen molar-refractivity contribution in [3.63, 3.8) is 0 Å². The maximum absolute atomic E-state index is 2.61. The summed E-state index contributed by atoms with van der Waals surface area (Å²) in [5.74, 6) is 0.903. The standard InChI is InChI=1S/C9H16N/c1-8-5-7-10-6-3-2-4-9(8)10/h8H,2-7H2,1H3/q+1. The van der Waals surface area contributed by atoms with Gasteiger partial charge in [-0.1, -0.05) is 6.92 Å². The van der Waals surface area contributed by atoms with E-state index in [0.29, 0.717) is 0 Å². The lowest BCUT2D eigenvalue weighted by Gasteiger charge is -2.09. The first-order chi connectivity index (χ1) is 4.88. The largest absolute Gasteiger partial charge is 0.237 e. The third-order valence-corrected chi connectivity index (χ3v) is 2.92. The fourth-order valence-electron chi connectivity index (χ4n) is 2.24. The molecule has 0 aromatic rings. The SMILES string of the molecule is CC1CC[N+]2=C1CCCC2. The third kappa shape index (κ3) is 0.882. The second-order valence-electron chi connectivity index (χ2n) is 3.63. The van der Waals surface area contributed by atoms with E-state index in [0.717, 1.165) is 5.92 Å². The molecule has 2 aliphatic rings. The maximum atomic E-state index is 2.61. The minimum atomic E-state index is 0.903. The van der Waals surface area contributed by atoms with Crippen LogP contribution in [0.1, 0.15) is 32.6 Å². The Morgan fingerprint density at radius 3 is 3.00 bits per heavy atom.